The van der Waals surface area contributed by atoms with Gasteiger partial charge in [-0.3, -0.25) is 0 Å². The van der Waals surface area contributed by atoms with Gasteiger partial charge in [0, 0.05) is 0 Å². The molecule has 0 fully saturated rings. The minimum absolute atomic E-state index is 1.14. The molecule has 0 aliphatic heterocycles. The summed E-state index contributed by atoms with van der Waals surface area (Å²) in [7, 11) is -4.17. The van der Waals surface area contributed by atoms with Crippen molar-refractivity contribution in [3.05, 3.63) is 146 Å². The Hall–Kier alpha value is -3.21. The van der Waals surface area contributed by atoms with Crippen molar-refractivity contribution in [3.8, 4) is 0 Å². The second-order valence-corrected chi connectivity index (χ2v) is 16.7. The van der Waals surface area contributed by atoms with E-state index >= 15 is 0 Å². The topological polar surface area (TPSA) is 0 Å². The summed E-state index contributed by atoms with van der Waals surface area (Å²) in [6.45, 7) is 8.78. The van der Waals surface area contributed by atoms with E-state index in [0.29, 0.717) is 0 Å². The highest BCUT2D eigenvalue weighted by molar-refractivity contribution is 7.07. The Morgan fingerprint density at radius 3 is 0.879 bits per heavy atom. The van der Waals surface area contributed by atoms with Crippen LogP contribution in [-0.4, -0.2) is 16.1 Å². The molecule has 2 heteroatoms. The van der Waals surface area contributed by atoms with Crippen LogP contribution in [0.2, 0.25) is 12.1 Å². The van der Waals surface area contributed by atoms with Gasteiger partial charge in [-0.1, -0.05) is 139 Å². The van der Waals surface area contributed by atoms with Crippen molar-refractivity contribution < 1.29 is 0 Å². The molecule has 4 aromatic carbocycles. The lowest BCUT2D eigenvalue weighted by Crippen LogP contribution is -2.59. The minimum atomic E-state index is -2.08. The maximum atomic E-state index is 4.39. The largest absolute Gasteiger partial charge is 0.140 e. The number of hydrogen-bond acceptors (Lipinski definition) is 0. The van der Waals surface area contributed by atoms with E-state index in [1.54, 1.807) is 0 Å². The highest BCUT2D eigenvalue weighted by atomic mass is 28.3. The van der Waals surface area contributed by atoms with E-state index < -0.39 is 16.1 Å². The summed E-state index contributed by atoms with van der Waals surface area (Å²) in [5.74, 6) is 0. The van der Waals surface area contributed by atoms with Crippen LogP contribution in [0.1, 0.15) is 6.42 Å². The van der Waals surface area contributed by atoms with Crippen molar-refractivity contribution in [1.29, 1.82) is 0 Å². The van der Waals surface area contributed by atoms with Crippen molar-refractivity contribution in [2.24, 2.45) is 0 Å². The molecular formula is C31H32Si2. The third-order valence-electron chi connectivity index (χ3n) is 6.99. The molecular weight excluding hydrogens is 429 g/mol. The number of hydrogen-bond donors (Lipinski definition) is 0. The first kappa shape index (κ1) is 23.0. The summed E-state index contributed by atoms with van der Waals surface area (Å²) in [5.41, 5.74) is 4.58. The summed E-state index contributed by atoms with van der Waals surface area (Å²) in [5, 5.41) is 5.76. The lowest BCUT2D eigenvalue weighted by molar-refractivity contribution is 1.04. The molecule has 0 N–H and O–H groups in total. The highest BCUT2D eigenvalue weighted by Gasteiger charge is 2.37. The van der Waals surface area contributed by atoms with Crippen molar-refractivity contribution in [1.82, 2.24) is 0 Å². The first-order valence-electron chi connectivity index (χ1n) is 11.7. The fraction of sp³-hybridized carbons (Fsp3) is 0.0968. The van der Waals surface area contributed by atoms with Crippen molar-refractivity contribution in [2.75, 3.05) is 0 Å². The summed E-state index contributed by atoms with van der Waals surface area (Å²) >= 11 is 0. The van der Waals surface area contributed by atoms with E-state index in [0.717, 1.165) is 18.5 Å². The molecule has 4 aromatic rings. The van der Waals surface area contributed by atoms with Crippen LogP contribution in [0.25, 0.3) is 0 Å². The Morgan fingerprint density at radius 2 is 0.667 bits per heavy atom. The van der Waals surface area contributed by atoms with Gasteiger partial charge in [-0.15, -0.1) is 13.2 Å². The first-order chi connectivity index (χ1) is 16.2. The zero-order valence-electron chi connectivity index (χ0n) is 19.2. The Kier molecular flexibility index (Phi) is 7.38. The normalized spacial score (nSPS) is 11.6. The zero-order valence-corrected chi connectivity index (χ0v) is 21.2. The Bertz CT molecular complexity index is 979. The molecule has 0 aromatic heterocycles. The smallest absolute Gasteiger partial charge is 0.106 e. The maximum Gasteiger partial charge on any atom is 0.140 e. The third kappa shape index (κ3) is 4.63. The van der Waals surface area contributed by atoms with Crippen LogP contribution >= 0.6 is 0 Å². The van der Waals surface area contributed by atoms with Gasteiger partial charge in [0.2, 0.25) is 0 Å². The van der Waals surface area contributed by atoms with Gasteiger partial charge in [0.25, 0.3) is 0 Å². The molecule has 0 bridgehead atoms. The standard InChI is InChI=1S/C31H32Si2/c1-3-32(28-18-9-5-10-19-28,29-20-11-6-12-21-29)26-17-27-33(4-2,30-22-13-7-14-23-30)31-24-15-8-16-25-31/h3-16,18-25H,1-2,17,26-27H2. The Balaban J connectivity index is 1.72. The molecule has 0 heterocycles. The molecule has 0 aliphatic carbocycles. The van der Waals surface area contributed by atoms with Crippen LogP contribution < -0.4 is 20.7 Å². The molecule has 0 nitrogen and oxygen atoms in total. The molecule has 0 radical (unpaired) electrons. The van der Waals surface area contributed by atoms with Crippen LogP contribution in [0.3, 0.4) is 0 Å². The minimum Gasteiger partial charge on any atom is -0.106 e. The van der Waals surface area contributed by atoms with E-state index in [2.05, 4.69) is 146 Å². The van der Waals surface area contributed by atoms with Gasteiger partial charge >= 0.3 is 0 Å². The average molecular weight is 461 g/mol. The second-order valence-electron chi connectivity index (χ2n) is 8.67. The Labute approximate surface area is 201 Å². The molecule has 0 atom stereocenters. The quantitative estimate of drug-likeness (QED) is 0.280. The van der Waals surface area contributed by atoms with E-state index in [1.165, 1.54) is 20.7 Å². The predicted molar refractivity (Wildman–Crippen MR) is 150 cm³/mol. The number of rotatable bonds is 10. The average Bonchev–Trinajstić information content (AvgIpc) is 2.91. The van der Waals surface area contributed by atoms with E-state index in [1.807, 2.05) is 0 Å². The van der Waals surface area contributed by atoms with Gasteiger partial charge in [-0.05, 0) is 32.8 Å². The van der Waals surface area contributed by atoms with Crippen LogP contribution in [-0.2, 0) is 0 Å². The fourth-order valence-corrected chi connectivity index (χ4v) is 13.3. The maximum absolute atomic E-state index is 4.39. The molecule has 0 saturated heterocycles. The Morgan fingerprint density at radius 1 is 0.424 bits per heavy atom. The number of benzene rings is 4. The second kappa shape index (κ2) is 10.6. The van der Waals surface area contributed by atoms with Gasteiger partial charge < -0.3 is 0 Å². The van der Waals surface area contributed by atoms with E-state index in [4.69, 9.17) is 0 Å². The molecule has 33 heavy (non-hydrogen) atoms. The highest BCUT2D eigenvalue weighted by Crippen LogP contribution is 2.22. The van der Waals surface area contributed by atoms with Gasteiger partial charge in [0.1, 0.15) is 16.1 Å². The molecule has 164 valence electrons. The van der Waals surface area contributed by atoms with Gasteiger partial charge in [-0.25, -0.2) is 0 Å². The summed E-state index contributed by atoms with van der Waals surface area (Å²) in [4.78, 5) is 0. The summed E-state index contributed by atoms with van der Waals surface area (Å²) in [6.07, 6.45) is 1.14. The van der Waals surface area contributed by atoms with Crippen molar-refractivity contribution in [2.45, 2.75) is 18.5 Å². The van der Waals surface area contributed by atoms with Crippen LogP contribution in [0.5, 0.6) is 0 Å². The van der Waals surface area contributed by atoms with Crippen LogP contribution in [0, 0.1) is 0 Å². The summed E-state index contributed by atoms with van der Waals surface area (Å²) < 4.78 is 0. The van der Waals surface area contributed by atoms with Crippen molar-refractivity contribution >= 4 is 36.9 Å². The monoisotopic (exact) mass is 460 g/mol. The van der Waals surface area contributed by atoms with Crippen LogP contribution in [0.15, 0.2) is 146 Å². The van der Waals surface area contributed by atoms with E-state index in [-0.39, 0.29) is 0 Å². The van der Waals surface area contributed by atoms with Crippen LogP contribution in [0.4, 0.5) is 0 Å². The van der Waals surface area contributed by atoms with Crippen molar-refractivity contribution in [3.63, 3.8) is 0 Å². The molecule has 0 saturated carbocycles. The molecule has 0 unspecified atom stereocenters. The lowest BCUT2D eigenvalue weighted by Gasteiger charge is -2.33. The lowest BCUT2D eigenvalue weighted by atomic mass is 10.4. The van der Waals surface area contributed by atoms with Gasteiger partial charge in [0.05, 0.1) is 0 Å². The molecule has 0 aliphatic rings. The van der Waals surface area contributed by atoms with E-state index in [9.17, 15) is 0 Å². The fourth-order valence-electron chi connectivity index (χ4n) is 5.17. The molecule has 4 rings (SSSR count). The molecule has 0 amide bonds. The SMILES string of the molecule is C=C[Si](CCC[Si](C=C)(c1ccccc1)c1ccccc1)(c1ccccc1)c1ccccc1. The third-order valence-corrected chi connectivity index (χ3v) is 16.1. The zero-order chi connectivity index (χ0) is 23.0. The predicted octanol–water partition coefficient (Wildman–Crippen LogP) is 5.35. The van der Waals surface area contributed by atoms with Gasteiger partial charge in [0.15, 0.2) is 0 Å². The first-order valence-corrected chi connectivity index (χ1v) is 16.3. The summed E-state index contributed by atoms with van der Waals surface area (Å²) in [6, 6.07) is 46.5. The van der Waals surface area contributed by atoms with Gasteiger partial charge in [-0.2, -0.15) is 0 Å². The molecule has 0 spiro atoms.